The molecule has 0 spiro atoms. The monoisotopic (exact) mass is 258 g/mol. The SMILES string of the molecule is C#CC(CCC)NC(C)C(=O)Nc1ccc(C)cc1. The van der Waals surface area contributed by atoms with E-state index in [1.807, 2.05) is 38.1 Å². The lowest BCUT2D eigenvalue weighted by Gasteiger charge is -2.18. The van der Waals surface area contributed by atoms with E-state index in [0.29, 0.717) is 0 Å². The van der Waals surface area contributed by atoms with Gasteiger partial charge in [-0.2, -0.15) is 0 Å². The molecule has 1 aromatic rings. The first-order valence-electron chi connectivity index (χ1n) is 6.66. The largest absolute Gasteiger partial charge is 0.325 e. The van der Waals surface area contributed by atoms with Crippen LogP contribution in [0.4, 0.5) is 5.69 Å². The highest BCUT2D eigenvalue weighted by molar-refractivity contribution is 5.94. The van der Waals surface area contributed by atoms with Gasteiger partial charge in [0.2, 0.25) is 5.91 Å². The summed E-state index contributed by atoms with van der Waals surface area (Å²) in [7, 11) is 0. The molecule has 0 aliphatic rings. The molecule has 1 rings (SSSR count). The summed E-state index contributed by atoms with van der Waals surface area (Å²) in [5.74, 6) is 2.60. The first kappa shape index (κ1) is 15.3. The lowest BCUT2D eigenvalue weighted by Crippen LogP contribution is -2.43. The number of hydrogen-bond acceptors (Lipinski definition) is 2. The third-order valence-corrected chi connectivity index (χ3v) is 2.94. The Kier molecular flexibility index (Phi) is 6.11. The van der Waals surface area contributed by atoms with Crippen LogP contribution in [0, 0.1) is 19.3 Å². The number of terminal acetylenes is 1. The summed E-state index contributed by atoms with van der Waals surface area (Å²) in [6.07, 6.45) is 7.30. The number of carbonyl (C=O) groups is 1. The fourth-order valence-corrected chi connectivity index (χ4v) is 1.77. The number of carbonyl (C=O) groups excluding carboxylic acids is 1. The van der Waals surface area contributed by atoms with Gasteiger partial charge in [0.1, 0.15) is 0 Å². The van der Waals surface area contributed by atoms with E-state index in [0.717, 1.165) is 18.5 Å². The number of rotatable bonds is 6. The molecule has 1 amide bonds. The molecule has 0 saturated carbocycles. The lowest BCUT2D eigenvalue weighted by atomic mass is 10.1. The van der Waals surface area contributed by atoms with E-state index in [4.69, 9.17) is 6.42 Å². The predicted octanol–water partition coefficient (Wildman–Crippen LogP) is 2.71. The smallest absolute Gasteiger partial charge is 0.241 e. The molecule has 2 unspecified atom stereocenters. The zero-order valence-corrected chi connectivity index (χ0v) is 11.9. The Bertz CT molecular complexity index is 445. The number of amides is 1. The molecule has 0 saturated heterocycles. The van der Waals surface area contributed by atoms with E-state index >= 15 is 0 Å². The van der Waals surface area contributed by atoms with Gasteiger partial charge in [0.25, 0.3) is 0 Å². The molecule has 19 heavy (non-hydrogen) atoms. The summed E-state index contributed by atoms with van der Waals surface area (Å²) in [6.45, 7) is 5.91. The van der Waals surface area contributed by atoms with Gasteiger partial charge in [-0.1, -0.05) is 37.0 Å². The summed E-state index contributed by atoms with van der Waals surface area (Å²) in [4.78, 5) is 12.0. The molecule has 0 heterocycles. The summed E-state index contributed by atoms with van der Waals surface area (Å²) >= 11 is 0. The predicted molar refractivity (Wildman–Crippen MR) is 79.9 cm³/mol. The molecular formula is C16H22N2O. The van der Waals surface area contributed by atoms with Crippen molar-refractivity contribution in [3.63, 3.8) is 0 Å². The lowest BCUT2D eigenvalue weighted by molar-refractivity contribution is -0.117. The Morgan fingerprint density at radius 1 is 1.37 bits per heavy atom. The number of aryl methyl sites for hydroxylation is 1. The Balaban J connectivity index is 2.53. The van der Waals surface area contributed by atoms with Crippen LogP contribution in [0.25, 0.3) is 0 Å². The molecule has 0 aliphatic heterocycles. The van der Waals surface area contributed by atoms with Crippen molar-refractivity contribution in [2.45, 2.75) is 45.7 Å². The number of anilines is 1. The highest BCUT2D eigenvalue weighted by Crippen LogP contribution is 2.09. The van der Waals surface area contributed by atoms with Crippen LogP contribution >= 0.6 is 0 Å². The minimum Gasteiger partial charge on any atom is -0.325 e. The fourth-order valence-electron chi connectivity index (χ4n) is 1.77. The maximum Gasteiger partial charge on any atom is 0.241 e. The van der Waals surface area contributed by atoms with Crippen LogP contribution in [0.15, 0.2) is 24.3 Å². The summed E-state index contributed by atoms with van der Waals surface area (Å²) in [5, 5.41) is 6.02. The van der Waals surface area contributed by atoms with Gasteiger partial charge in [-0.25, -0.2) is 0 Å². The van der Waals surface area contributed by atoms with Gasteiger partial charge in [0.15, 0.2) is 0 Å². The number of benzene rings is 1. The van der Waals surface area contributed by atoms with Crippen molar-refractivity contribution in [3.05, 3.63) is 29.8 Å². The van der Waals surface area contributed by atoms with Crippen LogP contribution in [-0.2, 0) is 4.79 Å². The first-order valence-corrected chi connectivity index (χ1v) is 6.66. The van der Waals surface area contributed by atoms with Gasteiger partial charge in [-0.05, 0) is 32.4 Å². The van der Waals surface area contributed by atoms with Crippen molar-refractivity contribution in [2.24, 2.45) is 0 Å². The third-order valence-electron chi connectivity index (χ3n) is 2.94. The zero-order valence-electron chi connectivity index (χ0n) is 11.9. The normalized spacial score (nSPS) is 13.4. The van der Waals surface area contributed by atoms with Crippen LogP contribution in [0.1, 0.15) is 32.3 Å². The highest BCUT2D eigenvalue weighted by Gasteiger charge is 2.16. The average molecular weight is 258 g/mol. The quantitative estimate of drug-likeness (QED) is 0.770. The maximum atomic E-state index is 12.0. The molecular weight excluding hydrogens is 236 g/mol. The average Bonchev–Trinajstić information content (AvgIpc) is 2.40. The first-order chi connectivity index (χ1) is 9.06. The number of nitrogens with one attached hydrogen (secondary N) is 2. The highest BCUT2D eigenvalue weighted by atomic mass is 16.2. The molecule has 1 aromatic carbocycles. The zero-order chi connectivity index (χ0) is 14.3. The minimum absolute atomic E-state index is 0.0521. The standard InChI is InChI=1S/C16H22N2O/c1-5-7-14(6-2)17-13(4)16(19)18-15-10-8-12(3)9-11-15/h2,8-11,13-14,17H,5,7H2,1,3-4H3,(H,18,19). The number of hydrogen-bond donors (Lipinski definition) is 2. The molecule has 0 fully saturated rings. The maximum absolute atomic E-state index is 12.0. The Morgan fingerprint density at radius 2 is 2.00 bits per heavy atom. The summed E-state index contributed by atoms with van der Waals surface area (Å²) in [5.41, 5.74) is 1.97. The van der Waals surface area contributed by atoms with E-state index < -0.39 is 0 Å². The van der Waals surface area contributed by atoms with Gasteiger partial charge in [-0.15, -0.1) is 6.42 Å². The molecule has 0 radical (unpaired) electrons. The Labute approximate surface area is 115 Å². The molecule has 0 aliphatic carbocycles. The molecule has 2 N–H and O–H groups in total. The van der Waals surface area contributed by atoms with Gasteiger partial charge >= 0.3 is 0 Å². The van der Waals surface area contributed by atoms with Crippen LogP contribution < -0.4 is 10.6 Å². The van der Waals surface area contributed by atoms with Crippen LogP contribution in [0.3, 0.4) is 0 Å². The third kappa shape index (κ3) is 5.15. The molecule has 3 nitrogen and oxygen atoms in total. The van der Waals surface area contributed by atoms with Gasteiger partial charge < -0.3 is 5.32 Å². The van der Waals surface area contributed by atoms with Crippen molar-refractivity contribution in [1.29, 1.82) is 0 Å². The summed E-state index contributed by atoms with van der Waals surface area (Å²) in [6, 6.07) is 7.36. The van der Waals surface area contributed by atoms with Crippen molar-refractivity contribution in [1.82, 2.24) is 5.32 Å². The van der Waals surface area contributed by atoms with Gasteiger partial charge in [0.05, 0.1) is 12.1 Å². The second-order valence-corrected chi connectivity index (χ2v) is 4.75. The van der Waals surface area contributed by atoms with Crippen LogP contribution in [0.5, 0.6) is 0 Å². The molecule has 0 bridgehead atoms. The molecule has 2 atom stereocenters. The fraction of sp³-hybridized carbons (Fsp3) is 0.438. The second kappa shape index (κ2) is 7.60. The van der Waals surface area contributed by atoms with E-state index in [1.54, 1.807) is 0 Å². The molecule has 0 aromatic heterocycles. The Hall–Kier alpha value is -1.79. The van der Waals surface area contributed by atoms with Crippen molar-refractivity contribution in [2.75, 3.05) is 5.32 Å². The topological polar surface area (TPSA) is 41.1 Å². The van der Waals surface area contributed by atoms with E-state index in [2.05, 4.69) is 23.5 Å². The Morgan fingerprint density at radius 3 is 2.53 bits per heavy atom. The minimum atomic E-state index is -0.311. The van der Waals surface area contributed by atoms with Crippen LogP contribution in [0.2, 0.25) is 0 Å². The van der Waals surface area contributed by atoms with Crippen molar-refractivity contribution < 1.29 is 4.79 Å². The van der Waals surface area contributed by atoms with Gasteiger partial charge in [0, 0.05) is 5.69 Å². The van der Waals surface area contributed by atoms with Crippen molar-refractivity contribution in [3.8, 4) is 12.3 Å². The second-order valence-electron chi connectivity index (χ2n) is 4.75. The summed E-state index contributed by atoms with van der Waals surface area (Å²) < 4.78 is 0. The van der Waals surface area contributed by atoms with Gasteiger partial charge in [-0.3, -0.25) is 10.1 Å². The van der Waals surface area contributed by atoms with E-state index in [9.17, 15) is 4.79 Å². The molecule has 3 heteroatoms. The van der Waals surface area contributed by atoms with E-state index in [1.165, 1.54) is 5.56 Å². The molecule has 102 valence electrons. The van der Waals surface area contributed by atoms with Crippen LogP contribution in [-0.4, -0.2) is 18.0 Å². The van der Waals surface area contributed by atoms with Crippen molar-refractivity contribution >= 4 is 11.6 Å². The van der Waals surface area contributed by atoms with E-state index in [-0.39, 0.29) is 18.0 Å².